The molecular formula is C19H25N3O3. The quantitative estimate of drug-likeness (QED) is 0.805. The lowest BCUT2D eigenvalue weighted by atomic mass is 10.0. The molecule has 2 rings (SSSR count). The van der Waals surface area contributed by atoms with E-state index in [9.17, 15) is 9.59 Å². The lowest BCUT2D eigenvalue weighted by Crippen LogP contribution is -2.16. The van der Waals surface area contributed by atoms with Gasteiger partial charge in [-0.2, -0.15) is 5.10 Å². The predicted octanol–water partition coefficient (Wildman–Crippen LogP) is 3.54. The first-order chi connectivity index (χ1) is 11.8. The summed E-state index contributed by atoms with van der Waals surface area (Å²) < 4.78 is 1.89. The molecule has 1 heterocycles. The fourth-order valence-electron chi connectivity index (χ4n) is 2.67. The lowest BCUT2D eigenvalue weighted by Gasteiger charge is -2.11. The molecule has 1 atom stereocenters. The van der Waals surface area contributed by atoms with E-state index in [0.29, 0.717) is 22.7 Å². The van der Waals surface area contributed by atoms with Crippen molar-refractivity contribution in [3.05, 3.63) is 47.3 Å². The van der Waals surface area contributed by atoms with Crippen LogP contribution in [0.15, 0.2) is 30.5 Å². The van der Waals surface area contributed by atoms with Crippen molar-refractivity contribution in [2.75, 3.05) is 5.32 Å². The van der Waals surface area contributed by atoms with Crippen molar-refractivity contribution in [2.24, 2.45) is 5.92 Å². The molecule has 0 aliphatic rings. The Morgan fingerprint density at radius 1 is 1.20 bits per heavy atom. The fourth-order valence-corrected chi connectivity index (χ4v) is 2.67. The van der Waals surface area contributed by atoms with Gasteiger partial charge in [-0.25, -0.2) is 0 Å². The molecule has 1 aromatic heterocycles. The summed E-state index contributed by atoms with van der Waals surface area (Å²) in [4.78, 5) is 23.6. The van der Waals surface area contributed by atoms with Gasteiger partial charge in [0, 0.05) is 12.2 Å². The number of hydrogen-bond donors (Lipinski definition) is 2. The van der Waals surface area contributed by atoms with Crippen molar-refractivity contribution in [3.8, 4) is 0 Å². The van der Waals surface area contributed by atoms with Crippen molar-refractivity contribution in [1.29, 1.82) is 0 Å². The second-order valence-corrected chi connectivity index (χ2v) is 6.57. The van der Waals surface area contributed by atoms with Crippen LogP contribution in [0.4, 0.5) is 5.69 Å². The van der Waals surface area contributed by atoms with E-state index in [1.807, 2.05) is 11.6 Å². The topological polar surface area (TPSA) is 84.2 Å². The number of anilines is 1. The lowest BCUT2D eigenvalue weighted by molar-refractivity contribution is -0.138. The van der Waals surface area contributed by atoms with E-state index >= 15 is 0 Å². The van der Waals surface area contributed by atoms with E-state index in [2.05, 4.69) is 24.3 Å². The number of carbonyl (C=O) groups is 2. The van der Waals surface area contributed by atoms with Gasteiger partial charge in [0.1, 0.15) is 0 Å². The number of aromatic nitrogens is 2. The Labute approximate surface area is 147 Å². The number of aliphatic carboxylic acids is 1. The van der Waals surface area contributed by atoms with Crippen molar-refractivity contribution in [2.45, 2.75) is 46.6 Å². The first kappa shape index (κ1) is 18.7. The zero-order chi connectivity index (χ0) is 18.6. The minimum Gasteiger partial charge on any atom is -0.481 e. The number of carboxylic acid groups (broad SMARTS) is 1. The largest absolute Gasteiger partial charge is 0.481 e. The maximum absolute atomic E-state index is 12.6. The molecule has 1 amide bonds. The summed E-state index contributed by atoms with van der Waals surface area (Å²) >= 11 is 0. The Bertz CT molecular complexity index is 748. The van der Waals surface area contributed by atoms with Crippen molar-refractivity contribution in [3.63, 3.8) is 0 Å². The van der Waals surface area contributed by atoms with E-state index < -0.39 is 11.9 Å². The molecule has 0 aliphatic carbocycles. The summed E-state index contributed by atoms with van der Waals surface area (Å²) in [6.45, 7) is 8.64. The zero-order valence-corrected chi connectivity index (χ0v) is 15.1. The molecule has 6 nitrogen and oxygen atoms in total. The van der Waals surface area contributed by atoms with Crippen LogP contribution in [0.25, 0.3) is 0 Å². The third-order valence-electron chi connectivity index (χ3n) is 4.11. The monoisotopic (exact) mass is 343 g/mol. The summed E-state index contributed by atoms with van der Waals surface area (Å²) in [5, 5.41) is 16.2. The molecule has 0 radical (unpaired) electrons. The Morgan fingerprint density at radius 2 is 1.84 bits per heavy atom. The van der Waals surface area contributed by atoms with Crippen LogP contribution in [0.2, 0.25) is 0 Å². The summed E-state index contributed by atoms with van der Waals surface area (Å²) in [6.07, 6.45) is 2.34. The van der Waals surface area contributed by atoms with Gasteiger partial charge in [-0.05, 0) is 37.0 Å². The maximum Gasteiger partial charge on any atom is 0.310 e. The van der Waals surface area contributed by atoms with Crippen molar-refractivity contribution < 1.29 is 14.7 Å². The Morgan fingerprint density at radius 3 is 2.36 bits per heavy atom. The van der Waals surface area contributed by atoms with Crippen LogP contribution >= 0.6 is 0 Å². The Hall–Kier alpha value is -2.63. The number of hydrogen-bond acceptors (Lipinski definition) is 3. The molecule has 1 unspecified atom stereocenters. The van der Waals surface area contributed by atoms with Gasteiger partial charge >= 0.3 is 5.97 Å². The number of carboxylic acids is 1. The van der Waals surface area contributed by atoms with Gasteiger partial charge in [-0.3, -0.25) is 14.3 Å². The van der Waals surface area contributed by atoms with E-state index in [0.717, 1.165) is 18.7 Å². The van der Waals surface area contributed by atoms with E-state index in [1.165, 1.54) is 0 Å². The summed E-state index contributed by atoms with van der Waals surface area (Å²) in [5.74, 6) is -1.21. The predicted molar refractivity (Wildman–Crippen MR) is 96.9 cm³/mol. The SMILES string of the molecule is CCc1c(C(=O)Nc2ccc(C(C)C(=O)O)cc2)cnn1CC(C)C. The standard InChI is InChI=1S/C19H25N3O3/c1-5-17-16(10-20-22(17)11-12(2)3)18(23)21-15-8-6-14(7-9-15)13(4)19(24)25/h6-10,12-13H,5,11H2,1-4H3,(H,21,23)(H,24,25). The number of benzene rings is 1. The molecule has 0 aliphatic heterocycles. The van der Waals surface area contributed by atoms with E-state index in [4.69, 9.17) is 5.11 Å². The molecule has 0 fully saturated rings. The highest BCUT2D eigenvalue weighted by atomic mass is 16.4. The third kappa shape index (κ3) is 4.47. The first-order valence-corrected chi connectivity index (χ1v) is 8.52. The van der Waals surface area contributed by atoms with Crippen LogP contribution in [0.3, 0.4) is 0 Å². The molecule has 0 bridgehead atoms. The average Bonchev–Trinajstić information content (AvgIpc) is 2.96. The highest BCUT2D eigenvalue weighted by molar-refractivity contribution is 6.05. The molecule has 0 spiro atoms. The van der Waals surface area contributed by atoms with Crippen LogP contribution < -0.4 is 5.32 Å². The van der Waals surface area contributed by atoms with E-state index in [-0.39, 0.29) is 5.91 Å². The average molecular weight is 343 g/mol. The van der Waals surface area contributed by atoms with Gasteiger partial charge in [0.05, 0.1) is 23.4 Å². The van der Waals surface area contributed by atoms with Crippen LogP contribution in [0.1, 0.15) is 55.2 Å². The zero-order valence-electron chi connectivity index (χ0n) is 15.1. The number of nitrogens with one attached hydrogen (secondary N) is 1. The highest BCUT2D eigenvalue weighted by Gasteiger charge is 2.17. The minimum atomic E-state index is -0.873. The van der Waals surface area contributed by atoms with Crippen LogP contribution in [0.5, 0.6) is 0 Å². The molecule has 134 valence electrons. The fraction of sp³-hybridized carbons (Fsp3) is 0.421. The van der Waals surface area contributed by atoms with Crippen molar-refractivity contribution >= 4 is 17.6 Å². The second kappa shape index (κ2) is 7.96. The Balaban J connectivity index is 2.14. The van der Waals surface area contributed by atoms with Crippen molar-refractivity contribution in [1.82, 2.24) is 9.78 Å². The first-order valence-electron chi connectivity index (χ1n) is 8.52. The minimum absolute atomic E-state index is 0.203. The summed E-state index contributed by atoms with van der Waals surface area (Å²) in [6, 6.07) is 6.88. The van der Waals surface area contributed by atoms with Gasteiger partial charge < -0.3 is 10.4 Å². The van der Waals surface area contributed by atoms with Gasteiger partial charge in [-0.15, -0.1) is 0 Å². The van der Waals surface area contributed by atoms with Gasteiger partial charge in [0.25, 0.3) is 5.91 Å². The molecule has 6 heteroatoms. The summed E-state index contributed by atoms with van der Waals surface area (Å²) in [7, 11) is 0. The normalized spacial score (nSPS) is 12.2. The second-order valence-electron chi connectivity index (χ2n) is 6.57. The van der Waals surface area contributed by atoms with Crippen LogP contribution in [0, 0.1) is 5.92 Å². The van der Waals surface area contributed by atoms with Gasteiger partial charge in [0.15, 0.2) is 0 Å². The number of nitrogens with zero attached hydrogens (tertiary/aromatic N) is 2. The number of amides is 1. The summed E-state index contributed by atoms with van der Waals surface area (Å²) in [5.41, 5.74) is 2.82. The Kier molecular flexibility index (Phi) is 5.96. The number of rotatable bonds is 7. The molecule has 2 aromatic rings. The number of carbonyl (C=O) groups excluding carboxylic acids is 1. The molecule has 1 aromatic carbocycles. The highest BCUT2D eigenvalue weighted by Crippen LogP contribution is 2.19. The third-order valence-corrected chi connectivity index (χ3v) is 4.11. The molecule has 2 N–H and O–H groups in total. The maximum atomic E-state index is 12.6. The van der Waals surface area contributed by atoms with Gasteiger partial charge in [0.2, 0.25) is 0 Å². The molecule has 0 saturated heterocycles. The molecule has 25 heavy (non-hydrogen) atoms. The molecule has 0 saturated carbocycles. The van der Waals surface area contributed by atoms with Gasteiger partial charge in [-0.1, -0.05) is 32.9 Å². The smallest absolute Gasteiger partial charge is 0.310 e. The van der Waals surface area contributed by atoms with Crippen LogP contribution in [-0.4, -0.2) is 26.8 Å². The molecular weight excluding hydrogens is 318 g/mol. The van der Waals surface area contributed by atoms with Crippen LogP contribution in [-0.2, 0) is 17.8 Å². The van der Waals surface area contributed by atoms with E-state index in [1.54, 1.807) is 37.4 Å².